The largest absolute Gasteiger partial charge is 0.412 e. The minimum atomic E-state index is -5.09. The summed E-state index contributed by atoms with van der Waals surface area (Å²) in [5.74, 6) is -2.73. The van der Waals surface area contributed by atoms with Crippen LogP contribution in [0.25, 0.3) is 5.57 Å². The first-order chi connectivity index (χ1) is 10.6. The summed E-state index contributed by atoms with van der Waals surface area (Å²) in [6.07, 6.45) is -1.87. The molecule has 0 spiro atoms. The molecule has 23 heavy (non-hydrogen) atoms. The Morgan fingerprint density at radius 3 is 2.26 bits per heavy atom. The van der Waals surface area contributed by atoms with Crippen molar-refractivity contribution in [1.82, 2.24) is 0 Å². The SMILES string of the molecule is CC(=O)C1(C(F)(F)F)C(=O)[C]=C(C)C=C1c1ccc(C#N)cc1. The van der Waals surface area contributed by atoms with Gasteiger partial charge in [-0.15, -0.1) is 0 Å². The molecule has 1 atom stereocenters. The monoisotopic (exact) mass is 318 g/mol. The molecule has 117 valence electrons. The maximum atomic E-state index is 13.7. The van der Waals surface area contributed by atoms with Crippen molar-refractivity contribution >= 4 is 17.1 Å². The first kappa shape index (κ1) is 16.7. The molecule has 0 saturated carbocycles. The van der Waals surface area contributed by atoms with Crippen molar-refractivity contribution in [3.63, 3.8) is 0 Å². The molecule has 2 rings (SSSR count). The number of nitriles is 1. The number of ketones is 2. The van der Waals surface area contributed by atoms with E-state index in [4.69, 9.17) is 5.26 Å². The first-order valence-electron chi connectivity index (χ1n) is 6.60. The lowest BCUT2D eigenvalue weighted by molar-refractivity contribution is -0.200. The summed E-state index contributed by atoms with van der Waals surface area (Å²) < 4.78 is 41.2. The Morgan fingerprint density at radius 1 is 1.26 bits per heavy atom. The number of rotatable bonds is 2. The number of hydrogen-bond acceptors (Lipinski definition) is 3. The minimum absolute atomic E-state index is 0.0609. The molecule has 3 nitrogen and oxygen atoms in total. The van der Waals surface area contributed by atoms with Crippen LogP contribution in [0, 0.1) is 22.8 Å². The van der Waals surface area contributed by atoms with Gasteiger partial charge >= 0.3 is 6.18 Å². The van der Waals surface area contributed by atoms with Crippen molar-refractivity contribution in [1.29, 1.82) is 5.26 Å². The molecule has 1 unspecified atom stereocenters. The van der Waals surface area contributed by atoms with E-state index in [1.807, 2.05) is 6.07 Å². The van der Waals surface area contributed by atoms with E-state index in [1.165, 1.54) is 31.2 Å². The molecular formula is C17H11F3NO2. The Kier molecular flexibility index (Phi) is 3.99. The summed E-state index contributed by atoms with van der Waals surface area (Å²) in [7, 11) is 0. The molecule has 0 aromatic heterocycles. The normalized spacial score (nSPS) is 21.3. The maximum Gasteiger partial charge on any atom is 0.412 e. The third-order valence-electron chi connectivity index (χ3n) is 3.69. The summed E-state index contributed by atoms with van der Waals surface area (Å²) in [4.78, 5) is 24.1. The zero-order valence-electron chi connectivity index (χ0n) is 12.3. The van der Waals surface area contributed by atoms with E-state index in [0.29, 0.717) is 0 Å². The number of nitrogens with zero attached hydrogens (tertiary/aromatic N) is 1. The van der Waals surface area contributed by atoms with E-state index < -0.39 is 28.7 Å². The van der Waals surface area contributed by atoms with Gasteiger partial charge in [0.1, 0.15) is 0 Å². The molecule has 1 aliphatic carbocycles. The minimum Gasteiger partial charge on any atom is -0.298 e. The number of Topliss-reactive ketones (excluding diaryl/α,β-unsaturated/α-hetero) is 2. The van der Waals surface area contributed by atoms with Crippen LogP contribution >= 0.6 is 0 Å². The van der Waals surface area contributed by atoms with Crippen LogP contribution in [-0.2, 0) is 9.59 Å². The average molecular weight is 318 g/mol. The molecule has 1 aromatic rings. The van der Waals surface area contributed by atoms with E-state index >= 15 is 0 Å². The molecule has 1 aliphatic rings. The lowest BCUT2D eigenvalue weighted by atomic mass is 9.67. The van der Waals surface area contributed by atoms with Gasteiger partial charge in [-0.25, -0.2) is 0 Å². The fraction of sp³-hybridized carbons (Fsp3) is 0.235. The highest BCUT2D eigenvalue weighted by atomic mass is 19.4. The fourth-order valence-corrected chi connectivity index (χ4v) is 2.61. The third-order valence-corrected chi connectivity index (χ3v) is 3.69. The maximum absolute atomic E-state index is 13.7. The van der Waals surface area contributed by atoms with Crippen LogP contribution in [0.4, 0.5) is 13.2 Å². The van der Waals surface area contributed by atoms with Gasteiger partial charge in [0, 0.05) is 6.08 Å². The van der Waals surface area contributed by atoms with Crippen LogP contribution in [0.2, 0.25) is 0 Å². The molecule has 1 radical (unpaired) electrons. The van der Waals surface area contributed by atoms with Crippen molar-refractivity contribution in [2.24, 2.45) is 5.41 Å². The molecule has 1 aromatic carbocycles. The van der Waals surface area contributed by atoms with Crippen LogP contribution in [-0.4, -0.2) is 17.7 Å². The number of carbonyl (C=O) groups excluding carboxylic acids is 2. The molecule has 6 heteroatoms. The molecule has 0 heterocycles. The molecule has 0 N–H and O–H groups in total. The quantitative estimate of drug-likeness (QED) is 0.785. The van der Waals surface area contributed by atoms with E-state index in [2.05, 4.69) is 6.08 Å². The summed E-state index contributed by atoms with van der Waals surface area (Å²) in [6.45, 7) is 2.17. The van der Waals surface area contributed by atoms with Gasteiger partial charge < -0.3 is 0 Å². The topological polar surface area (TPSA) is 57.9 Å². The second kappa shape index (κ2) is 5.51. The van der Waals surface area contributed by atoms with E-state index in [1.54, 1.807) is 0 Å². The lowest BCUT2D eigenvalue weighted by Crippen LogP contribution is -2.51. The van der Waals surface area contributed by atoms with Crippen molar-refractivity contribution in [3.8, 4) is 6.07 Å². The molecule has 0 aliphatic heterocycles. The molecule has 0 fully saturated rings. The predicted octanol–water partition coefficient (Wildman–Crippen LogP) is 3.41. The van der Waals surface area contributed by atoms with Gasteiger partial charge in [0.2, 0.25) is 5.41 Å². The van der Waals surface area contributed by atoms with Crippen molar-refractivity contribution in [3.05, 3.63) is 53.1 Å². The number of alkyl halides is 3. The zero-order chi connectivity index (χ0) is 17.4. The van der Waals surface area contributed by atoms with Crippen LogP contribution in [0.15, 0.2) is 35.9 Å². The number of allylic oxidation sites excluding steroid dienone is 4. The highest BCUT2D eigenvalue weighted by Gasteiger charge is 2.66. The number of hydrogen-bond donors (Lipinski definition) is 0. The number of benzene rings is 1. The van der Waals surface area contributed by atoms with Crippen LogP contribution in [0.1, 0.15) is 25.0 Å². The number of carbonyl (C=O) groups is 2. The van der Waals surface area contributed by atoms with Crippen molar-refractivity contribution in [2.75, 3.05) is 0 Å². The summed E-state index contributed by atoms with van der Waals surface area (Å²) in [5.41, 5.74) is -3.18. The summed E-state index contributed by atoms with van der Waals surface area (Å²) >= 11 is 0. The van der Waals surface area contributed by atoms with Gasteiger partial charge in [-0.1, -0.05) is 18.2 Å². The summed E-state index contributed by atoms with van der Waals surface area (Å²) in [5, 5.41) is 8.78. The molecule has 0 saturated heterocycles. The van der Waals surface area contributed by atoms with Crippen LogP contribution in [0.3, 0.4) is 0 Å². The average Bonchev–Trinajstić information content (AvgIpc) is 2.44. The Balaban J connectivity index is 2.78. The van der Waals surface area contributed by atoms with E-state index in [-0.39, 0.29) is 16.7 Å². The Labute approximate surface area is 130 Å². The molecule has 0 bridgehead atoms. The van der Waals surface area contributed by atoms with E-state index in [0.717, 1.165) is 13.0 Å². The Morgan fingerprint density at radius 2 is 1.83 bits per heavy atom. The molecular weight excluding hydrogens is 307 g/mol. The van der Waals surface area contributed by atoms with Crippen LogP contribution < -0.4 is 0 Å². The zero-order valence-corrected chi connectivity index (χ0v) is 12.3. The highest BCUT2D eigenvalue weighted by Crippen LogP contribution is 2.51. The highest BCUT2D eigenvalue weighted by molar-refractivity contribution is 6.21. The van der Waals surface area contributed by atoms with Gasteiger partial charge in [-0.3, -0.25) is 9.59 Å². The molecule has 0 amide bonds. The third kappa shape index (κ3) is 2.48. The van der Waals surface area contributed by atoms with Crippen LogP contribution in [0.5, 0.6) is 0 Å². The fourth-order valence-electron chi connectivity index (χ4n) is 2.61. The first-order valence-corrected chi connectivity index (χ1v) is 6.60. The standard InChI is InChI=1S/C17H11F3NO2/c1-10-7-14(13-5-3-12(9-21)4-6-13)16(11(2)22,15(23)8-10)17(18,19)20/h3-7H,1-2H3. The van der Waals surface area contributed by atoms with Crippen molar-refractivity contribution in [2.45, 2.75) is 20.0 Å². The second-order valence-electron chi connectivity index (χ2n) is 5.19. The van der Waals surface area contributed by atoms with Gasteiger partial charge in [-0.2, -0.15) is 18.4 Å². The summed E-state index contributed by atoms with van der Waals surface area (Å²) in [6, 6.07) is 7.10. The van der Waals surface area contributed by atoms with Gasteiger partial charge in [0.05, 0.1) is 11.6 Å². The smallest absolute Gasteiger partial charge is 0.298 e. The van der Waals surface area contributed by atoms with Gasteiger partial charge in [0.15, 0.2) is 11.6 Å². The number of halogens is 3. The Hall–Kier alpha value is -2.68. The van der Waals surface area contributed by atoms with Gasteiger partial charge in [0.25, 0.3) is 0 Å². The Bertz CT molecular complexity index is 780. The predicted molar refractivity (Wildman–Crippen MR) is 75.7 cm³/mol. The second-order valence-corrected chi connectivity index (χ2v) is 5.19. The van der Waals surface area contributed by atoms with Crippen molar-refractivity contribution < 1.29 is 22.8 Å². The lowest BCUT2D eigenvalue weighted by Gasteiger charge is -2.35. The van der Waals surface area contributed by atoms with E-state index in [9.17, 15) is 22.8 Å². The van der Waals surface area contributed by atoms with Gasteiger partial charge in [-0.05, 0) is 42.7 Å².